The number of amides is 2. The highest BCUT2D eigenvalue weighted by molar-refractivity contribution is 6.30. The van der Waals surface area contributed by atoms with Gasteiger partial charge in [-0.3, -0.25) is 14.3 Å². The molecule has 1 aliphatic rings. The molecule has 10 nitrogen and oxygen atoms in total. The molecule has 5 rings (SSSR count). The zero-order valence-corrected chi connectivity index (χ0v) is 24.4. The molecule has 1 atom stereocenters. The van der Waals surface area contributed by atoms with Crippen molar-refractivity contribution < 1.29 is 46.1 Å². The monoisotopic (exact) mass is 653 g/mol. The molecule has 0 bridgehead atoms. The van der Waals surface area contributed by atoms with Crippen molar-refractivity contribution in [3.8, 4) is 22.8 Å². The molecule has 0 unspecified atom stereocenters. The molecule has 0 spiro atoms. The largest absolute Gasteiger partial charge is 0.494 e. The number of halogens is 6. The van der Waals surface area contributed by atoms with Gasteiger partial charge in [0.2, 0.25) is 5.60 Å². The van der Waals surface area contributed by atoms with Crippen molar-refractivity contribution >= 4 is 34.3 Å². The number of benzene rings is 2. The molecule has 16 heteroatoms. The number of rotatable bonds is 10. The third-order valence-electron chi connectivity index (χ3n) is 7.17. The summed E-state index contributed by atoms with van der Waals surface area (Å²) in [7, 11) is 1.34. The molecule has 0 aliphatic heterocycles. The van der Waals surface area contributed by atoms with Gasteiger partial charge in [-0.2, -0.15) is 18.3 Å². The Morgan fingerprint density at radius 3 is 2.49 bits per heavy atom. The SMILES string of the molecule is CCOc1c(C(N)=O)cc([C@@](O)(CNC(=O)c2cc(OC)c3nn(C4CC4)cc3c2)C(F)(F)F)nc1-c1cc(Cl)cc(F)c1F. The Kier molecular flexibility index (Phi) is 8.35. The second-order valence-electron chi connectivity index (χ2n) is 10.3. The van der Waals surface area contributed by atoms with Crippen molar-refractivity contribution in [3.05, 3.63) is 70.0 Å². The number of nitrogens with zero attached hydrogens (tertiary/aromatic N) is 3. The van der Waals surface area contributed by atoms with Gasteiger partial charge >= 0.3 is 6.18 Å². The summed E-state index contributed by atoms with van der Waals surface area (Å²) in [5.41, 5.74) is -1.76. The number of nitrogens with one attached hydrogen (secondary N) is 1. The van der Waals surface area contributed by atoms with Crippen LogP contribution in [0.15, 0.2) is 36.5 Å². The fourth-order valence-electron chi connectivity index (χ4n) is 4.71. The molecule has 1 saturated carbocycles. The molecule has 0 radical (unpaired) electrons. The van der Waals surface area contributed by atoms with Crippen LogP contribution in [0.1, 0.15) is 52.2 Å². The zero-order chi connectivity index (χ0) is 32.8. The predicted octanol–water partition coefficient (Wildman–Crippen LogP) is 5.05. The zero-order valence-electron chi connectivity index (χ0n) is 23.6. The average molecular weight is 654 g/mol. The van der Waals surface area contributed by atoms with Crippen molar-refractivity contribution in [2.24, 2.45) is 5.73 Å². The van der Waals surface area contributed by atoms with E-state index in [0.29, 0.717) is 23.0 Å². The summed E-state index contributed by atoms with van der Waals surface area (Å²) in [5.74, 6) is -5.77. The smallest absolute Gasteiger partial charge is 0.424 e. The Bertz CT molecular complexity index is 1830. The number of fused-ring (bicyclic) bond motifs is 1. The van der Waals surface area contributed by atoms with Crippen LogP contribution in [0.4, 0.5) is 22.0 Å². The van der Waals surface area contributed by atoms with Crippen LogP contribution in [0.25, 0.3) is 22.2 Å². The van der Waals surface area contributed by atoms with Crippen LogP contribution < -0.4 is 20.5 Å². The molecule has 2 aromatic heterocycles. The summed E-state index contributed by atoms with van der Waals surface area (Å²) in [6.07, 6.45) is -1.99. The van der Waals surface area contributed by atoms with Crippen LogP contribution >= 0.6 is 11.6 Å². The molecular weight excluding hydrogens is 629 g/mol. The first-order valence-electron chi connectivity index (χ1n) is 13.5. The second kappa shape index (κ2) is 11.8. The molecule has 45 heavy (non-hydrogen) atoms. The number of ether oxygens (including phenoxy) is 2. The van der Waals surface area contributed by atoms with Gasteiger partial charge in [0.15, 0.2) is 17.4 Å². The van der Waals surface area contributed by atoms with Gasteiger partial charge < -0.3 is 25.6 Å². The lowest BCUT2D eigenvalue weighted by Crippen LogP contribution is -2.51. The number of methoxy groups -OCH3 is 1. The third kappa shape index (κ3) is 5.96. The van der Waals surface area contributed by atoms with E-state index in [4.69, 9.17) is 26.8 Å². The van der Waals surface area contributed by atoms with Crippen LogP contribution in [0.2, 0.25) is 5.02 Å². The highest BCUT2D eigenvalue weighted by Crippen LogP contribution is 2.43. The van der Waals surface area contributed by atoms with E-state index in [1.54, 1.807) is 10.9 Å². The Morgan fingerprint density at radius 1 is 1.18 bits per heavy atom. The first-order chi connectivity index (χ1) is 21.2. The van der Waals surface area contributed by atoms with Crippen molar-refractivity contribution in [2.75, 3.05) is 20.3 Å². The van der Waals surface area contributed by atoms with E-state index in [1.807, 2.05) is 5.32 Å². The van der Waals surface area contributed by atoms with Crippen LogP contribution in [-0.4, -0.2) is 58.1 Å². The number of primary amides is 1. The van der Waals surface area contributed by atoms with Crippen molar-refractivity contribution in [1.29, 1.82) is 0 Å². The van der Waals surface area contributed by atoms with E-state index >= 15 is 0 Å². The highest BCUT2D eigenvalue weighted by atomic mass is 35.5. The highest BCUT2D eigenvalue weighted by Gasteiger charge is 2.57. The first kappa shape index (κ1) is 31.9. The summed E-state index contributed by atoms with van der Waals surface area (Å²) in [6, 6.07) is 4.86. The lowest BCUT2D eigenvalue weighted by Gasteiger charge is -2.31. The number of aromatic nitrogens is 3. The minimum atomic E-state index is -5.53. The van der Waals surface area contributed by atoms with Crippen LogP contribution in [0, 0.1) is 11.6 Å². The lowest BCUT2D eigenvalue weighted by atomic mass is 9.94. The number of aliphatic hydroxyl groups is 1. The predicted molar refractivity (Wildman–Crippen MR) is 151 cm³/mol. The van der Waals surface area contributed by atoms with E-state index in [-0.39, 0.29) is 29.0 Å². The van der Waals surface area contributed by atoms with E-state index in [1.165, 1.54) is 26.2 Å². The topological polar surface area (TPSA) is 142 Å². The van der Waals surface area contributed by atoms with Crippen molar-refractivity contribution in [2.45, 2.75) is 37.6 Å². The summed E-state index contributed by atoms with van der Waals surface area (Å²) >= 11 is 5.87. The number of hydrogen-bond acceptors (Lipinski definition) is 7. The summed E-state index contributed by atoms with van der Waals surface area (Å²) in [6.45, 7) is -0.254. The first-order valence-corrected chi connectivity index (χ1v) is 13.8. The number of carbonyl (C=O) groups excluding carboxylic acids is 2. The van der Waals surface area contributed by atoms with Gasteiger partial charge in [0.25, 0.3) is 11.8 Å². The lowest BCUT2D eigenvalue weighted by molar-refractivity contribution is -0.265. The van der Waals surface area contributed by atoms with E-state index in [0.717, 1.165) is 18.9 Å². The summed E-state index contributed by atoms with van der Waals surface area (Å²) < 4.78 is 85.4. The molecular formula is C29H25ClF5N5O5. The normalized spacial score (nSPS) is 14.7. The van der Waals surface area contributed by atoms with Gasteiger partial charge in [0.05, 0.1) is 37.6 Å². The molecule has 0 saturated heterocycles. The summed E-state index contributed by atoms with van der Waals surface area (Å²) in [4.78, 5) is 29.3. The van der Waals surface area contributed by atoms with Gasteiger partial charge in [0.1, 0.15) is 17.0 Å². The average Bonchev–Trinajstić information content (AvgIpc) is 3.74. The van der Waals surface area contributed by atoms with Crippen molar-refractivity contribution in [1.82, 2.24) is 20.1 Å². The molecule has 2 heterocycles. The Balaban J connectivity index is 1.58. The Hall–Kier alpha value is -4.50. The maximum atomic E-state index is 14.9. The molecule has 4 N–H and O–H groups in total. The number of nitrogens with two attached hydrogens (primary N) is 1. The molecule has 1 aliphatic carbocycles. The van der Waals surface area contributed by atoms with Crippen LogP contribution in [0.3, 0.4) is 0 Å². The van der Waals surface area contributed by atoms with E-state index in [2.05, 4.69) is 10.1 Å². The fourth-order valence-corrected chi connectivity index (χ4v) is 4.92. The van der Waals surface area contributed by atoms with Gasteiger partial charge in [-0.15, -0.1) is 0 Å². The quantitative estimate of drug-likeness (QED) is 0.161. The maximum Gasteiger partial charge on any atom is 0.424 e. The number of alkyl halides is 3. The van der Waals surface area contributed by atoms with E-state index in [9.17, 15) is 36.6 Å². The van der Waals surface area contributed by atoms with Gasteiger partial charge in [0, 0.05) is 27.7 Å². The van der Waals surface area contributed by atoms with Crippen LogP contribution in [-0.2, 0) is 5.60 Å². The minimum absolute atomic E-state index is 0.103. The van der Waals surface area contributed by atoms with Crippen molar-refractivity contribution in [3.63, 3.8) is 0 Å². The molecule has 1 fully saturated rings. The number of hydrogen-bond donors (Lipinski definition) is 3. The molecule has 2 aromatic carbocycles. The van der Waals surface area contributed by atoms with Gasteiger partial charge in [-0.25, -0.2) is 13.8 Å². The molecule has 2 amide bonds. The standard InChI is InChI=1S/C29H25ClF5N5O5/c1-3-45-25-18(26(36)41)10-21(38-24(25)17-8-15(30)9-19(31)22(17)32)28(43,29(33,34)35)12-37-27(42)13-6-14-11-40(16-4-5-16)39-23(14)20(7-13)44-2/h6-11,16,43H,3-5,12H2,1-2H3,(H2,36,41)(H,37,42)/t28-/m0/s1. The minimum Gasteiger partial charge on any atom is -0.494 e. The molecule has 4 aromatic rings. The molecule has 238 valence electrons. The maximum absolute atomic E-state index is 14.9. The van der Waals surface area contributed by atoms with Crippen LogP contribution in [0.5, 0.6) is 11.5 Å². The number of pyridine rings is 1. The third-order valence-corrected chi connectivity index (χ3v) is 7.39. The van der Waals surface area contributed by atoms with Gasteiger partial charge in [-0.05, 0) is 50.1 Å². The number of carbonyl (C=O) groups is 2. The van der Waals surface area contributed by atoms with E-state index < -0.39 is 70.0 Å². The van der Waals surface area contributed by atoms with Gasteiger partial charge in [-0.1, -0.05) is 11.6 Å². The Morgan fingerprint density at radius 2 is 1.89 bits per heavy atom. The fraction of sp³-hybridized carbons (Fsp3) is 0.310. The second-order valence-corrected chi connectivity index (χ2v) is 10.7. The Labute approximate surface area is 256 Å². The summed E-state index contributed by atoms with van der Waals surface area (Å²) in [5, 5.41) is 17.7.